The average Bonchev–Trinajstić information content (AvgIpc) is 2.47. The van der Waals surface area contributed by atoms with Crippen LogP contribution >= 0.6 is 11.3 Å². The molecule has 1 saturated heterocycles. The van der Waals surface area contributed by atoms with E-state index in [4.69, 9.17) is 0 Å². The van der Waals surface area contributed by atoms with E-state index in [1.807, 2.05) is 11.3 Å². The van der Waals surface area contributed by atoms with Crippen molar-refractivity contribution in [2.24, 2.45) is 0 Å². The number of thiophene rings is 1. The minimum Gasteiger partial charge on any atom is -0.314 e. The standard InChI is InChI=1S/C10H16N2S/c1-7-5-9(8(2)13-7)10-6-11-3-4-12-10/h5,10-12H,3-4,6H2,1-2H3/t10-/m1/s1. The quantitative estimate of drug-likeness (QED) is 0.713. The molecule has 2 nitrogen and oxygen atoms in total. The second kappa shape index (κ2) is 3.78. The van der Waals surface area contributed by atoms with Crippen LogP contribution in [0.25, 0.3) is 0 Å². The predicted octanol–water partition coefficient (Wildman–Crippen LogP) is 1.60. The molecule has 0 bridgehead atoms. The van der Waals surface area contributed by atoms with E-state index in [1.54, 1.807) is 0 Å². The summed E-state index contributed by atoms with van der Waals surface area (Å²) in [6, 6.07) is 2.84. The molecular weight excluding hydrogens is 180 g/mol. The largest absolute Gasteiger partial charge is 0.314 e. The van der Waals surface area contributed by atoms with E-state index >= 15 is 0 Å². The van der Waals surface area contributed by atoms with Crippen LogP contribution in [-0.2, 0) is 0 Å². The van der Waals surface area contributed by atoms with Crippen molar-refractivity contribution in [3.63, 3.8) is 0 Å². The Morgan fingerprint density at radius 1 is 1.38 bits per heavy atom. The molecule has 0 aromatic carbocycles. The van der Waals surface area contributed by atoms with Crippen LogP contribution in [0.5, 0.6) is 0 Å². The second-order valence-corrected chi connectivity index (χ2v) is 5.04. The van der Waals surface area contributed by atoms with Gasteiger partial charge in [0.2, 0.25) is 0 Å². The van der Waals surface area contributed by atoms with Crippen molar-refractivity contribution in [3.05, 3.63) is 21.4 Å². The van der Waals surface area contributed by atoms with Gasteiger partial charge in [-0.05, 0) is 25.5 Å². The van der Waals surface area contributed by atoms with Crippen LogP contribution in [0.1, 0.15) is 21.4 Å². The van der Waals surface area contributed by atoms with E-state index in [1.165, 1.54) is 15.3 Å². The van der Waals surface area contributed by atoms with Crippen molar-refractivity contribution in [1.82, 2.24) is 10.6 Å². The van der Waals surface area contributed by atoms with Crippen LogP contribution in [0, 0.1) is 13.8 Å². The molecule has 2 rings (SSSR count). The number of rotatable bonds is 1. The van der Waals surface area contributed by atoms with Gasteiger partial charge >= 0.3 is 0 Å². The number of hydrogen-bond acceptors (Lipinski definition) is 3. The summed E-state index contributed by atoms with van der Waals surface area (Å²) in [7, 11) is 0. The van der Waals surface area contributed by atoms with Gasteiger partial charge in [0.05, 0.1) is 0 Å². The van der Waals surface area contributed by atoms with Crippen molar-refractivity contribution in [1.29, 1.82) is 0 Å². The van der Waals surface area contributed by atoms with Gasteiger partial charge in [0.15, 0.2) is 0 Å². The summed E-state index contributed by atoms with van der Waals surface area (Å²) in [5.41, 5.74) is 1.48. The molecule has 72 valence electrons. The molecule has 1 atom stereocenters. The third-order valence-electron chi connectivity index (χ3n) is 2.50. The number of aryl methyl sites for hydroxylation is 2. The Morgan fingerprint density at radius 2 is 2.23 bits per heavy atom. The van der Waals surface area contributed by atoms with Crippen LogP contribution in [0.15, 0.2) is 6.07 Å². The summed E-state index contributed by atoms with van der Waals surface area (Å²) in [5.74, 6) is 0. The lowest BCUT2D eigenvalue weighted by Gasteiger charge is -2.24. The Morgan fingerprint density at radius 3 is 2.77 bits per heavy atom. The predicted molar refractivity (Wildman–Crippen MR) is 57.4 cm³/mol. The lowest BCUT2D eigenvalue weighted by molar-refractivity contribution is 0.430. The summed E-state index contributed by atoms with van der Waals surface area (Å²) in [4.78, 5) is 2.87. The zero-order chi connectivity index (χ0) is 9.26. The fourth-order valence-corrected chi connectivity index (χ4v) is 2.86. The van der Waals surface area contributed by atoms with Gasteiger partial charge in [-0.2, -0.15) is 0 Å². The van der Waals surface area contributed by atoms with E-state index in [2.05, 4.69) is 30.5 Å². The fraction of sp³-hybridized carbons (Fsp3) is 0.600. The van der Waals surface area contributed by atoms with E-state index in [9.17, 15) is 0 Å². The first-order chi connectivity index (χ1) is 6.27. The number of hydrogen-bond donors (Lipinski definition) is 2. The van der Waals surface area contributed by atoms with Crippen molar-refractivity contribution in [2.45, 2.75) is 19.9 Å². The minimum atomic E-state index is 0.527. The summed E-state index contributed by atoms with van der Waals surface area (Å²) in [5, 5.41) is 6.95. The van der Waals surface area contributed by atoms with Crippen molar-refractivity contribution >= 4 is 11.3 Å². The normalized spacial score (nSPS) is 23.4. The second-order valence-electron chi connectivity index (χ2n) is 3.58. The van der Waals surface area contributed by atoms with E-state index in [0.717, 1.165) is 19.6 Å². The maximum absolute atomic E-state index is 3.53. The van der Waals surface area contributed by atoms with Crippen LogP contribution in [0.2, 0.25) is 0 Å². The van der Waals surface area contributed by atoms with Crippen LogP contribution in [0.4, 0.5) is 0 Å². The molecular formula is C10H16N2S. The summed E-state index contributed by atoms with van der Waals surface area (Å²) >= 11 is 1.90. The molecule has 3 heteroatoms. The van der Waals surface area contributed by atoms with Crippen molar-refractivity contribution < 1.29 is 0 Å². The SMILES string of the molecule is Cc1cc([C@H]2CNCCN2)c(C)s1. The molecule has 1 aromatic heterocycles. The molecule has 1 fully saturated rings. The fourth-order valence-electron chi connectivity index (χ4n) is 1.87. The van der Waals surface area contributed by atoms with Gasteiger partial charge in [0.25, 0.3) is 0 Å². The Labute approximate surface area is 83.4 Å². The summed E-state index contributed by atoms with van der Waals surface area (Å²) in [6.45, 7) is 7.63. The molecule has 13 heavy (non-hydrogen) atoms. The highest BCUT2D eigenvalue weighted by Crippen LogP contribution is 2.26. The van der Waals surface area contributed by atoms with Gasteiger partial charge in [0.1, 0.15) is 0 Å². The lowest BCUT2D eigenvalue weighted by atomic mass is 10.1. The maximum Gasteiger partial charge on any atom is 0.0458 e. The van der Waals surface area contributed by atoms with Gasteiger partial charge in [-0.15, -0.1) is 11.3 Å². The maximum atomic E-state index is 3.53. The first-order valence-electron chi connectivity index (χ1n) is 4.78. The molecule has 1 aromatic rings. The van der Waals surface area contributed by atoms with Crippen LogP contribution in [-0.4, -0.2) is 19.6 Å². The van der Waals surface area contributed by atoms with Crippen molar-refractivity contribution in [2.75, 3.05) is 19.6 Å². The van der Waals surface area contributed by atoms with Crippen LogP contribution in [0.3, 0.4) is 0 Å². The molecule has 0 spiro atoms. The molecule has 2 heterocycles. The highest BCUT2D eigenvalue weighted by Gasteiger charge is 2.17. The highest BCUT2D eigenvalue weighted by atomic mass is 32.1. The first kappa shape index (κ1) is 9.19. The van der Waals surface area contributed by atoms with Crippen LogP contribution < -0.4 is 10.6 Å². The lowest BCUT2D eigenvalue weighted by Crippen LogP contribution is -2.42. The smallest absolute Gasteiger partial charge is 0.0458 e. The zero-order valence-corrected chi connectivity index (χ0v) is 9.00. The van der Waals surface area contributed by atoms with E-state index < -0.39 is 0 Å². The van der Waals surface area contributed by atoms with Gasteiger partial charge in [-0.1, -0.05) is 0 Å². The highest BCUT2D eigenvalue weighted by molar-refractivity contribution is 7.12. The third-order valence-corrected chi connectivity index (χ3v) is 3.48. The summed E-state index contributed by atoms with van der Waals surface area (Å²) < 4.78 is 0. The Bertz CT molecular complexity index is 287. The van der Waals surface area contributed by atoms with E-state index in [-0.39, 0.29) is 0 Å². The number of piperazine rings is 1. The minimum absolute atomic E-state index is 0.527. The zero-order valence-electron chi connectivity index (χ0n) is 8.18. The monoisotopic (exact) mass is 196 g/mol. The molecule has 1 aliphatic heterocycles. The van der Waals surface area contributed by atoms with E-state index in [0.29, 0.717) is 6.04 Å². The summed E-state index contributed by atoms with van der Waals surface area (Å²) in [6.07, 6.45) is 0. The molecule has 0 amide bonds. The van der Waals surface area contributed by atoms with Gasteiger partial charge in [-0.25, -0.2) is 0 Å². The Kier molecular flexibility index (Phi) is 2.67. The number of nitrogens with one attached hydrogen (secondary N) is 2. The van der Waals surface area contributed by atoms with Gasteiger partial charge in [0, 0.05) is 35.4 Å². The van der Waals surface area contributed by atoms with Crippen molar-refractivity contribution in [3.8, 4) is 0 Å². The first-order valence-corrected chi connectivity index (χ1v) is 5.60. The topological polar surface area (TPSA) is 24.1 Å². The Hall–Kier alpha value is -0.380. The molecule has 2 N–H and O–H groups in total. The average molecular weight is 196 g/mol. The molecule has 0 saturated carbocycles. The molecule has 1 aliphatic rings. The molecule has 0 radical (unpaired) electrons. The van der Waals surface area contributed by atoms with Gasteiger partial charge in [-0.3, -0.25) is 0 Å². The van der Waals surface area contributed by atoms with Gasteiger partial charge < -0.3 is 10.6 Å². The molecule has 0 aliphatic carbocycles. The molecule has 0 unspecified atom stereocenters. The Balaban J connectivity index is 2.18. The third kappa shape index (κ3) is 1.93.